The molecule has 0 saturated heterocycles. The highest BCUT2D eigenvalue weighted by atomic mass is 35.7. The minimum absolute atomic E-state index is 0.574. The standard InChI is InChI=1S/C20H14.C3H6Cl2O4S2/c1-2-12-5-6-14-9-10-15-8-7-13-4-3-11(1)16-17(12)19(14)20(15)18(13)16;1-3(2,10(4,6)7)11(5,8)9/h1-8,12,17H,9-10H2;1-2H3. The topological polar surface area (TPSA) is 68.3 Å². The van der Waals surface area contributed by atoms with E-state index in [4.69, 9.17) is 21.4 Å². The predicted octanol–water partition coefficient (Wildman–Crippen LogP) is 5.71. The SMILES string of the molecule is C1=CC2C=Cc3ccc4ccc5c6c4c3C2C6=C1CC5.CC(C)(S(=O)(=O)Cl)S(=O)(=O)Cl. The van der Waals surface area contributed by atoms with E-state index in [2.05, 4.69) is 48.6 Å². The fraction of sp³-hybridized carbons (Fsp3) is 0.304. The molecule has 4 aliphatic rings. The van der Waals surface area contributed by atoms with Gasteiger partial charge >= 0.3 is 0 Å². The lowest BCUT2D eigenvalue weighted by Crippen LogP contribution is -2.34. The fourth-order valence-electron chi connectivity index (χ4n) is 4.97. The summed E-state index contributed by atoms with van der Waals surface area (Å²) in [4.78, 5) is 0. The van der Waals surface area contributed by atoms with Gasteiger partial charge in [0, 0.05) is 33.2 Å². The summed E-state index contributed by atoms with van der Waals surface area (Å²) in [6.45, 7) is 1.83. The number of aryl methyl sites for hydroxylation is 1. The summed E-state index contributed by atoms with van der Waals surface area (Å²) >= 11 is 0. The van der Waals surface area contributed by atoms with Gasteiger partial charge in [0.25, 0.3) is 18.1 Å². The maximum Gasteiger partial charge on any atom is 0.253 e. The number of hydrogen-bond donors (Lipinski definition) is 0. The summed E-state index contributed by atoms with van der Waals surface area (Å²) in [7, 11) is 1.22. The van der Waals surface area contributed by atoms with Crippen LogP contribution in [-0.2, 0) is 24.5 Å². The molecule has 0 aliphatic heterocycles. The lowest BCUT2D eigenvalue weighted by Gasteiger charge is -2.32. The molecule has 6 rings (SSSR count). The third-order valence-electron chi connectivity index (χ3n) is 6.82. The second-order valence-corrected chi connectivity index (χ2v) is 15.2. The van der Waals surface area contributed by atoms with Crippen LogP contribution >= 0.6 is 21.4 Å². The highest BCUT2D eigenvalue weighted by Crippen LogP contribution is 2.59. The van der Waals surface area contributed by atoms with Crippen molar-refractivity contribution in [3.8, 4) is 0 Å². The minimum atomic E-state index is -4.21. The molecule has 0 aromatic heterocycles. The summed E-state index contributed by atoms with van der Waals surface area (Å²) in [6.07, 6.45) is 12.0. The van der Waals surface area contributed by atoms with Gasteiger partial charge in [0.1, 0.15) is 0 Å². The quantitative estimate of drug-likeness (QED) is 0.501. The van der Waals surface area contributed by atoms with Crippen molar-refractivity contribution in [1.29, 1.82) is 0 Å². The molecule has 2 atom stereocenters. The molecule has 0 radical (unpaired) electrons. The number of benzene rings is 2. The van der Waals surface area contributed by atoms with Crippen LogP contribution in [0.5, 0.6) is 0 Å². The molecule has 31 heavy (non-hydrogen) atoms. The molecule has 0 amide bonds. The van der Waals surface area contributed by atoms with Gasteiger partial charge in [-0.2, -0.15) is 0 Å². The number of rotatable bonds is 2. The van der Waals surface area contributed by atoms with Crippen LogP contribution in [0.15, 0.2) is 48.1 Å². The molecule has 0 bridgehead atoms. The molecule has 8 heteroatoms. The zero-order chi connectivity index (χ0) is 22.3. The van der Waals surface area contributed by atoms with Crippen LogP contribution in [0.4, 0.5) is 0 Å². The Morgan fingerprint density at radius 2 is 1.55 bits per heavy atom. The van der Waals surface area contributed by atoms with E-state index >= 15 is 0 Å². The molecule has 0 saturated carbocycles. The Hall–Kier alpha value is -1.60. The monoisotopic (exact) mass is 494 g/mol. The Balaban J connectivity index is 0.000000162. The van der Waals surface area contributed by atoms with Crippen molar-refractivity contribution in [3.63, 3.8) is 0 Å². The van der Waals surface area contributed by atoms with E-state index in [0.717, 1.165) is 13.8 Å². The predicted molar refractivity (Wildman–Crippen MR) is 127 cm³/mol. The number of halogens is 2. The summed E-state index contributed by atoms with van der Waals surface area (Å²) in [5.41, 5.74) is 9.51. The highest BCUT2D eigenvalue weighted by Gasteiger charge is 2.45. The average molecular weight is 495 g/mol. The zero-order valence-corrected chi connectivity index (χ0v) is 20.0. The molecule has 0 spiro atoms. The van der Waals surface area contributed by atoms with E-state index in [1.54, 1.807) is 33.2 Å². The summed E-state index contributed by atoms with van der Waals surface area (Å²) in [6, 6.07) is 9.31. The molecule has 162 valence electrons. The van der Waals surface area contributed by atoms with Gasteiger partial charge in [-0.1, -0.05) is 48.6 Å². The van der Waals surface area contributed by atoms with E-state index in [1.165, 1.54) is 23.8 Å². The number of hydrogen-bond acceptors (Lipinski definition) is 4. The lowest BCUT2D eigenvalue weighted by atomic mass is 9.71. The van der Waals surface area contributed by atoms with Crippen molar-refractivity contribution in [3.05, 3.63) is 70.3 Å². The normalized spacial score (nSPS) is 22.7. The van der Waals surface area contributed by atoms with Crippen molar-refractivity contribution in [2.45, 2.75) is 36.7 Å². The van der Waals surface area contributed by atoms with Crippen LogP contribution in [0.1, 0.15) is 48.4 Å². The first-order valence-corrected chi connectivity index (χ1v) is 14.6. The first-order valence-electron chi connectivity index (χ1n) is 9.98. The Morgan fingerprint density at radius 1 is 0.903 bits per heavy atom. The van der Waals surface area contributed by atoms with Crippen LogP contribution in [-0.4, -0.2) is 20.9 Å². The molecule has 0 N–H and O–H groups in total. The van der Waals surface area contributed by atoms with Crippen molar-refractivity contribution >= 4 is 61.9 Å². The molecule has 0 fully saturated rings. The van der Waals surface area contributed by atoms with Gasteiger partial charge in [-0.25, -0.2) is 16.8 Å². The van der Waals surface area contributed by atoms with Gasteiger partial charge in [-0.3, -0.25) is 0 Å². The average Bonchev–Trinajstić information content (AvgIpc) is 3.07. The van der Waals surface area contributed by atoms with Crippen molar-refractivity contribution in [1.82, 2.24) is 0 Å². The van der Waals surface area contributed by atoms with Gasteiger partial charge < -0.3 is 0 Å². The molecule has 2 aromatic rings. The molecule has 2 aromatic carbocycles. The second kappa shape index (κ2) is 6.70. The van der Waals surface area contributed by atoms with E-state index in [0.29, 0.717) is 11.8 Å². The van der Waals surface area contributed by atoms with E-state index in [1.807, 2.05) is 0 Å². The molecule has 4 aliphatic carbocycles. The Labute approximate surface area is 191 Å². The zero-order valence-electron chi connectivity index (χ0n) is 16.9. The molecule has 2 unspecified atom stereocenters. The molecule has 4 nitrogen and oxygen atoms in total. The van der Waals surface area contributed by atoms with Crippen LogP contribution in [0, 0.1) is 5.92 Å². The summed E-state index contributed by atoms with van der Waals surface area (Å²) in [5.74, 6) is 1.18. The van der Waals surface area contributed by atoms with Gasteiger partial charge in [0.2, 0.25) is 0 Å². The van der Waals surface area contributed by atoms with E-state index < -0.39 is 22.2 Å². The second-order valence-electron chi connectivity index (χ2n) is 8.75. The first kappa shape index (κ1) is 21.3. The van der Waals surface area contributed by atoms with Crippen LogP contribution in [0.3, 0.4) is 0 Å². The fourth-order valence-corrected chi connectivity index (χ4v) is 7.70. The van der Waals surface area contributed by atoms with Gasteiger partial charge in [0.15, 0.2) is 4.08 Å². The third kappa shape index (κ3) is 2.99. The van der Waals surface area contributed by atoms with E-state index in [-0.39, 0.29) is 0 Å². The lowest BCUT2D eigenvalue weighted by molar-refractivity contribution is 0.573. The van der Waals surface area contributed by atoms with Crippen molar-refractivity contribution in [2.24, 2.45) is 5.92 Å². The summed E-state index contributed by atoms with van der Waals surface area (Å²) in [5, 5.41) is 3.00. The van der Waals surface area contributed by atoms with Gasteiger partial charge in [-0.05, 0) is 70.9 Å². The van der Waals surface area contributed by atoms with Gasteiger partial charge in [-0.15, -0.1) is 0 Å². The Kier molecular flexibility index (Phi) is 4.60. The highest BCUT2D eigenvalue weighted by molar-refractivity contribution is 8.29. The van der Waals surface area contributed by atoms with E-state index in [9.17, 15) is 16.8 Å². The van der Waals surface area contributed by atoms with Crippen molar-refractivity contribution < 1.29 is 16.8 Å². The van der Waals surface area contributed by atoms with Gasteiger partial charge in [0.05, 0.1) is 0 Å². The maximum atomic E-state index is 10.6. The molecule has 0 heterocycles. The molecular weight excluding hydrogens is 475 g/mol. The smallest absolute Gasteiger partial charge is 0.211 e. The third-order valence-corrected chi connectivity index (χ3v) is 13.4. The summed E-state index contributed by atoms with van der Waals surface area (Å²) < 4.78 is 40.3. The minimum Gasteiger partial charge on any atom is -0.211 e. The maximum absolute atomic E-state index is 10.6. The largest absolute Gasteiger partial charge is 0.253 e. The Bertz CT molecular complexity index is 1430. The number of allylic oxidation sites excluding steroid dienone is 5. The molecular formula is C23H20Cl2O4S2. The van der Waals surface area contributed by atoms with Crippen LogP contribution in [0.25, 0.3) is 22.4 Å². The Morgan fingerprint density at radius 3 is 2.19 bits per heavy atom. The van der Waals surface area contributed by atoms with Crippen molar-refractivity contribution in [2.75, 3.05) is 0 Å². The first-order chi connectivity index (χ1) is 14.4. The van der Waals surface area contributed by atoms with Crippen LogP contribution < -0.4 is 0 Å². The van der Waals surface area contributed by atoms with Crippen LogP contribution in [0.2, 0.25) is 0 Å².